The lowest BCUT2D eigenvalue weighted by molar-refractivity contribution is -0.145. The number of hydrogen-bond acceptors (Lipinski definition) is 3. The lowest BCUT2D eigenvalue weighted by atomic mass is 10.0. The van der Waals surface area contributed by atoms with Crippen molar-refractivity contribution in [2.24, 2.45) is 0 Å². The maximum absolute atomic E-state index is 11.0. The lowest BCUT2D eigenvalue weighted by Crippen LogP contribution is -2.11. The number of benzene rings is 1. The van der Waals surface area contributed by atoms with Crippen LogP contribution in [-0.4, -0.2) is 18.1 Å². The Morgan fingerprint density at radius 2 is 2.20 bits per heavy atom. The third-order valence-electron chi connectivity index (χ3n) is 1.98. The van der Waals surface area contributed by atoms with Crippen molar-refractivity contribution in [3.8, 4) is 0 Å². The zero-order valence-corrected chi connectivity index (χ0v) is 9.03. The van der Waals surface area contributed by atoms with Crippen molar-refractivity contribution in [3.63, 3.8) is 0 Å². The molecule has 0 saturated carbocycles. The van der Waals surface area contributed by atoms with Crippen LogP contribution in [0.4, 0.5) is 0 Å². The monoisotopic (exact) mass is 226 g/mol. The van der Waals surface area contributed by atoms with Crippen molar-refractivity contribution in [2.45, 2.75) is 13.0 Å². The second kappa shape index (κ2) is 5.51. The largest absolute Gasteiger partial charge is 0.457 e. The van der Waals surface area contributed by atoms with Crippen LogP contribution in [0.15, 0.2) is 24.3 Å². The first kappa shape index (κ1) is 11.7. The molecule has 0 heterocycles. The number of aldehydes is 1. The highest BCUT2D eigenvalue weighted by atomic mass is 35.5. The van der Waals surface area contributed by atoms with Crippen LogP contribution >= 0.6 is 11.6 Å². The summed E-state index contributed by atoms with van der Waals surface area (Å²) in [6.45, 7) is 1.70. The van der Waals surface area contributed by atoms with E-state index in [1.165, 1.54) is 0 Å². The molecule has 0 N–H and O–H groups in total. The van der Waals surface area contributed by atoms with Crippen LogP contribution in [0, 0.1) is 0 Å². The van der Waals surface area contributed by atoms with E-state index in [4.69, 9.17) is 16.3 Å². The van der Waals surface area contributed by atoms with Crippen molar-refractivity contribution in [1.29, 1.82) is 0 Å². The van der Waals surface area contributed by atoms with E-state index in [9.17, 15) is 9.59 Å². The van der Waals surface area contributed by atoms with E-state index in [1.54, 1.807) is 31.2 Å². The van der Waals surface area contributed by atoms with Crippen LogP contribution in [0.2, 0.25) is 0 Å². The first-order chi connectivity index (χ1) is 7.19. The Balaban J connectivity index is 2.85. The molecule has 4 heteroatoms. The Morgan fingerprint density at radius 1 is 1.53 bits per heavy atom. The molecule has 3 nitrogen and oxygen atoms in total. The van der Waals surface area contributed by atoms with Crippen molar-refractivity contribution < 1.29 is 14.3 Å². The molecular formula is C11H11ClO3. The highest BCUT2D eigenvalue weighted by Crippen LogP contribution is 2.19. The van der Waals surface area contributed by atoms with Crippen molar-refractivity contribution in [1.82, 2.24) is 0 Å². The molecular weight excluding hydrogens is 216 g/mol. The molecule has 1 aromatic carbocycles. The number of esters is 1. The molecule has 1 atom stereocenters. The van der Waals surface area contributed by atoms with Gasteiger partial charge in [0.05, 0.1) is 0 Å². The third-order valence-corrected chi connectivity index (χ3v) is 2.20. The predicted octanol–water partition coefficient (Wildman–Crippen LogP) is 2.34. The summed E-state index contributed by atoms with van der Waals surface area (Å²) in [5.41, 5.74) is 1.21. The van der Waals surface area contributed by atoms with Gasteiger partial charge in [0.1, 0.15) is 18.3 Å². The molecule has 0 aliphatic rings. The molecule has 0 bridgehead atoms. The van der Waals surface area contributed by atoms with E-state index < -0.39 is 12.1 Å². The van der Waals surface area contributed by atoms with Crippen molar-refractivity contribution >= 4 is 23.9 Å². The van der Waals surface area contributed by atoms with Crippen LogP contribution in [0.1, 0.15) is 28.9 Å². The van der Waals surface area contributed by atoms with E-state index in [2.05, 4.69) is 0 Å². The number of halogens is 1. The van der Waals surface area contributed by atoms with E-state index in [0.29, 0.717) is 11.1 Å². The second-order valence-corrected chi connectivity index (χ2v) is 3.28. The van der Waals surface area contributed by atoms with Crippen LogP contribution in [-0.2, 0) is 9.53 Å². The van der Waals surface area contributed by atoms with Crippen LogP contribution in [0.5, 0.6) is 0 Å². The molecule has 1 rings (SSSR count). The molecule has 0 amide bonds. The molecule has 0 saturated heterocycles. The summed E-state index contributed by atoms with van der Waals surface area (Å²) in [7, 11) is 0. The standard InChI is InChI=1S/C11H11ClO3/c1-8(15-11(14)6-12)10-5-3-2-4-9(10)7-13/h2-5,7-8H,6H2,1H3. The number of carbonyl (C=O) groups excluding carboxylic acids is 2. The number of hydrogen-bond donors (Lipinski definition) is 0. The summed E-state index contributed by atoms with van der Waals surface area (Å²) in [5.74, 6) is -0.682. The molecule has 0 spiro atoms. The zero-order chi connectivity index (χ0) is 11.3. The van der Waals surface area contributed by atoms with Gasteiger partial charge < -0.3 is 4.74 Å². The third kappa shape index (κ3) is 3.06. The topological polar surface area (TPSA) is 43.4 Å². The average molecular weight is 227 g/mol. The maximum atomic E-state index is 11.0. The van der Waals surface area contributed by atoms with Gasteiger partial charge in [-0.3, -0.25) is 9.59 Å². The summed E-state index contributed by atoms with van der Waals surface area (Å²) in [5, 5.41) is 0. The smallest absolute Gasteiger partial charge is 0.321 e. The molecule has 1 aromatic rings. The SMILES string of the molecule is CC(OC(=O)CCl)c1ccccc1C=O. The van der Waals surface area contributed by atoms with E-state index in [1.807, 2.05) is 0 Å². The van der Waals surface area contributed by atoms with Gasteiger partial charge in [0, 0.05) is 11.1 Å². The van der Waals surface area contributed by atoms with Gasteiger partial charge in [-0.15, -0.1) is 11.6 Å². The van der Waals surface area contributed by atoms with Gasteiger partial charge in [0.2, 0.25) is 0 Å². The Kier molecular flexibility index (Phi) is 4.31. The fourth-order valence-corrected chi connectivity index (χ4v) is 1.34. The molecule has 80 valence electrons. The Labute approximate surface area is 93.0 Å². The van der Waals surface area contributed by atoms with Crippen LogP contribution in [0.3, 0.4) is 0 Å². The number of ether oxygens (including phenoxy) is 1. The minimum atomic E-state index is -0.495. The van der Waals surface area contributed by atoms with Gasteiger partial charge >= 0.3 is 5.97 Å². The van der Waals surface area contributed by atoms with E-state index >= 15 is 0 Å². The average Bonchev–Trinajstić information content (AvgIpc) is 2.28. The van der Waals surface area contributed by atoms with E-state index in [0.717, 1.165) is 6.29 Å². The summed E-state index contributed by atoms with van der Waals surface area (Å²) >= 11 is 5.31. The number of carbonyl (C=O) groups is 2. The fourth-order valence-electron chi connectivity index (χ4n) is 1.28. The number of rotatable bonds is 4. The van der Waals surface area contributed by atoms with Crippen LogP contribution < -0.4 is 0 Å². The minimum absolute atomic E-state index is 0.187. The Morgan fingerprint density at radius 3 is 2.80 bits per heavy atom. The minimum Gasteiger partial charge on any atom is -0.457 e. The van der Waals surface area contributed by atoms with Gasteiger partial charge in [-0.1, -0.05) is 24.3 Å². The molecule has 0 aliphatic carbocycles. The van der Waals surface area contributed by atoms with Gasteiger partial charge in [-0.25, -0.2) is 0 Å². The van der Waals surface area contributed by atoms with Gasteiger partial charge in [0.25, 0.3) is 0 Å². The van der Waals surface area contributed by atoms with Gasteiger partial charge in [-0.2, -0.15) is 0 Å². The summed E-state index contributed by atoms with van der Waals surface area (Å²) in [6.07, 6.45) is 0.276. The summed E-state index contributed by atoms with van der Waals surface area (Å²) < 4.78 is 5.00. The quantitative estimate of drug-likeness (QED) is 0.450. The molecule has 0 radical (unpaired) electrons. The molecule has 15 heavy (non-hydrogen) atoms. The highest BCUT2D eigenvalue weighted by Gasteiger charge is 2.13. The molecule has 0 aromatic heterocycles. The maximum Gasteiger partial charge on any atom is 0.321 e. The number of alkyl halides is 1. The fraction of sp³-hybridized carbons (Fsp3) is 0.273. The first-order valence-electron chi connectivity index (χ1n) is 4.48. The molecule has 0 fully saturated rings. The van der Waals surface area contributed by atoms with Gasteiger partial charge in [-0.05, 0) is 6.92 Å². The summed E-state index contributed by atoms with van der Waals surface area (Å²) in [4.78, 5) is 21.7. The van der Waals surface area contributed by atoms with Crippen molar-refractivity contribution in [2.75, 3.05) is 5.88 Å². The molecule has 0 aliphatic heterocycles. The molecule has 1 unspecified atom stereocenters. The van der Waals surface area contributed by atoms with Crippen LogP contribution in [0.25, 0.3) is 0 Å². The lowest BCUT2D eigenvalue weighted by Gasteiger charge is -2.14. The summed E-state index contributed by atoms with van der Waals surface area (Å²) in [6, 6.07) is 6.96. The van der Waals surface area contributed by atoms with Gasteiger partial charge in [0.15, 0.2) is 0 Å². The first-order valence-corrected chi connectivity index (χ1v) is 5.02. The Hall–Kier alpha value is -1.35. The second-order valence-electron chi connectivity index (χ2n) is 3.01. The van der Waals surface area contributed by atoms with E-state index in [-0.39, 0.29) is 5.88 Å². The zero-order valence-electron chi connectivity index (χ0n) is 8.27. The predicted molar refractivity (Wildman–Crippen MR) is 57.1 cm³/mol. The normalized spacial score (nSPS) is 11.9. The highest BCUT2D eigenvalue weighted by molar-refractivity contribution is 6.26. The Bertz CT molecular complexity index is 363. The van der Waals surface area contributed by atoms with Crippen molar-refractivity contribution in [3.05, 3.63) is 35.4 Å².